The van der Waals surface area contributed by atoms with E-state index in [0.717, 1.165) is 18.9 Å². The fraction of sp³-hybridized carbons (Fsp3) is 0.125. The third-order valence-corrected chi connectivity index (χ3v) is 4.79. The van der Waals surface area contributed by atoms with Gasteiger partial charge in [0.15, 0.2) is 5.78 Å². The Morgan fingerprint density at radius 2 is 2.14 bits per heavy atom. The summed E-state index contributed by atoms with van der Waals surface area (Å²) in [5.74, 6) is -0.333. The van der Waals surface area contributed by atoms with Crippen molar-refractivity contribution in [2.24, 2.45) is 0 Å². The van der Waals surface area contributed by atoms with Crippen molar-refractivity contribution in [3.63, 3.8) is 0 Å². The molecule has 0 aliphatic carbocycles. The molecule has 0 spiro atoms. The minimum Gasteiger partial charge on any atom is -0.332 e. The second kappa shape index (κ2) is 6.08. The smallest absolute Gasteiger partial charge is 0.176 e. The molecule has 0 unspecified atom stereocenters. The fourth-order valence-electron chi connectivity index (χ4n) is 2.42. The van der Waals surface area contributed by atoms with Gasteiger partial charge in [-0.1, -0.05) is 6.07 Å². The molecule has 112 valence electrons. The number of halogens is 3. The van der Waals surface area contributed by atoms with Crippen molar-refractivity contribution in [1.82, 2.24) is 9.55 Å². The fourth-order valence-corrected chi connectivity index (χ4v) is 3.31. The predicted octanol–water partition coefficient (Wildman–Crippen LogP) is 4.79. The number of hydrogen-bond acceptors (Lipinski definition) is 2. The van der Waals surface area contributed by atoms with Gasteiger partial charge in [-0.15, -0.1) is 0 Å². The summed E-state index contributed by atoms with van der Waals surface area (Å²) in [4.78, 5) is 16.1. The van der Waals surface area contributed by atoms with Crippen molar-refractivity contribution < 1.29 is 9.18 Å². The third kappa shape index (κ3) is 2.81. The lowest BCUT2D eigenvalue weighted by atomic mass is 10.2. The number of Topliss-reactive ketones (excluding diaryl/α,β-unsaturated/α-hetero) is 1. The summed E-state index contributed by atoms with van der Waals surface area (Å²) in [7, 11) is 0. The van der Waals surface area contributed by atoms with Crippen LogP contribution in [-0.2, 0) is 6.54 Å². The maximum absolute atomic E-state index is 14.1. The van der Waals surface area contributed by atoms with Crippen LogP contribution in [0.25, 0.3) is 10.9 Å². The molecule has 3 rings (SSSR count). The maximum Gasteiger partial charge on any atom is 0.176 e. The molecular weight excluding hydrogens is 462 g/mol. The van der Waals surface area contributed by atoms with E-state index in [1.807, 2.05) is 12.1 Å². The Morgan fingerprint density at radius 3 is 2.82 bits per heavy atom. The Kier molecular flexibility index (Phi) is 4.31. The molecule has 22 heavy (non-hydrogen) atoms. The first kappa shape index (κ1) is 15.6. The van der Waals surface area contributed by atoms with Crippen LogP contribution in [0.15, 0.2) is 41.1 Å². The van der Waals surface area contributed by atoms with Gasteiger partial charge in [0.2, 0.25) is 0 Å². The highest BCUT2D eigenvalue weighted by atomic mass is 127. The number of carbonyl (C=O) groups excluding carboxylic acids is 1. The first-order valence-electron chi connectivity index (χ1n) is 6.55. The topological polar surface area (TPSA) is 34.9 Å². The van der Waals surface area contributed by atoms with E-state index in [1.54, 1.807) is 23.0 Å². The standard InChI is InChI=1S/C16H11BrFIN2O/c1-9(22)15-5-12-13(17)6-20-7-16(12)21(15)8-10-2-3-11(19)4-14(10)18/h2-7H,8H2,1H3. The van der Waals surface area contributed by atoms with Crippen molar-refractivity contribution in [2.75, 3.05) is 0 Å². The van der Waals surface area contributed by atoms with E-state index < -0.39 is 0 Å². The summed E-state index contributed by atoms with van der Waals surface area (Å²) in [6.07, 6.45) is 3.37. The van der Waals surface area contributed by atoms with Crippen LogP contribution in [0.2, 0.25) is 0 Å². The van der Waals surface area contributed by atoms with Crippen molar-refractivity contribution in [2.45, 2.75) is 13.5 Å². The Hall–Kier alpha value is -1.28. The van der Waals surface area contributed by atoms with Crippen LogP contribution in [0.1, 0.15) is 23.0 Å². The van der Waals surface area contributed by atoms with Crippen LogP contribution >= 0.6 is 38.5 Å². The lowest BCUT2D eigenvalue weighted by Crippen LogP contribution is -2.09. The number of rotatable bonds is 3. The Balaban J connectivity index is 2.18. The summed E-state index contributed by atoms with van der Waals surface area (Å²) in [5.41, 5.74) is 1.89. The zero-order valence-corrected chi connectivity index (χ0v) is 15.4. The quantitative estimate of drug-likeness (QED) is 0.405. The molecule has 6 heteroatoms. The SMILES string of the molecule is CC(=O)c1cc2c(Br)cncc2n1Cc1ccc(I)cc1F. The number of aromatic nitrogens is 2. The van der Waals surface area contributed by atoms with Gasteiger partial charge in [-0.05, 0) is 56.7 Å². The van der Waals surface area contributed by atoms with E-state index in [9.17, 15) is 9.18 Å². The summed E-state index contributed by atoms with van der Waals surface area (Å²) in [6, 6.07) is 6.90. The van der Waals surface area contributed by atoms with Gasteiger partial charge in [0.1, 0.15) is 5.82 Å². The number of benzene rings is 1. The number of carbonyl (C=O) groups is 1. The summed E-state index contributed by atoms with van der Waals surface area (Å²) in [5, 5.41) is 0.895. The molecule has 0 N–H and O–H groups in total. The molecule has 0 amide bonds. The maximum atomic E-state index is 14.1. The van der Waals surface area contributed by atoms with Crippen molar-refractivity contribution >= 4 is 55.2 Å². The Morgan fingerprint density at radius 1 is 1.36 bits per heavy atom. The van der Waals surface area contributed by atoms with Crippen LogP contribution in [-0.4, -0.2) is 15.3 Å². The van der Waals surface area contributed by atoms with Crippen LogP contribution in [0, 0.1) is 9.39 Å². The van der Waals surface area contributed by atoms with Crippen LogP contribution in [0.3, 0.4) is 0 Å². The molecule has 0 bridgehead atoms. The highest BCUT2D eigenvalue weighted by Crippen LogP contribution is 2.28. The first-order chi connectivity index (χ1) is 10.5. The Labute approximate surface area is 148 Å². The zero-order valence-electron chi connectivity index (χ0n) is 11.6. The average molecular weight is 473 g/mol. The van der Waals surface area contributed by atoms with Crippen molar-refractivity contribution in [3.05, 3.63) is 61.8 Å². The van der Waals surface area contributed by atoms with E-state index in [4.69, 9.17) is 0 Å². The van der Waals surface area contributed by atoms with E-state index in [-0.39, 0.29) is 11.6 Å². The molecule has 3 nitrogen and oxygen atoms in total. The minimum atomic E-state index is -0.272. The van der Waals surface area contributed by atoms with Crippen LogP contribution in [0.5, 0.6) is 0 Å². The second-order valence-electron chi connectivity index (χ2n) is 4.96. The van der Waals surface area contributed by atoms with Gasteiger partial charge >= 0.3 is 0 Å². The molecule has 0 fully saturated rings. The summed E-state index contributed by atoms with van der Waals surface area (Å²) < 4.78 is 17.6. The Bertz CT molecular complexity index is 891. The average Bonchev–Trinajstić information content (AvgIpc) is 2.82. The molecule has 0 aliphatic heterocycles. The lowest BCUT2D eigenvalue weighted by molar-refractivity contribution is 0.101. The van der Waals surface area contributed by atoms with Gasteiger partial charge < -0.3 is 4.57 Å². The molecule has 0 saturated heterocycles. The third-order valence-electron chi connectivity index (χ3n) is 3.48. The van der Waals surface area contributed by atoms with Gasteiger partial charge in [0.25, 0.3) is 0 Å². The molecule has 2 heterocycles. The van der Waals surface area contributed by atoms with Crippen LogP contribution < -0.4 is 0 Å². The van der Waals surface area contributed by atoms with Gasteiger partial charge in [-0.3, -0.25) is 9.78 Å². The number of pyridine rings is 1. The number of hydrogen-bond donors (Lipinski definition) is 0. The molecule has 1 aromatic carbocycles. The number of fused-ring (bicyclic) bond motifs is 1. The summed E-state index contributed by atoms with van der Waals surface area (Å²) in [6.45, 7) is 1.80. The van der Waals surface area contributed by atoms with Gasteiger partial charge in [0, 0.05) is 32.1 Å². The predicted molar refractivity (Wildman–Crippen MR) is 95.7 cm³/mol. The monoisotopic (exact) mass is 472 g/mol. The van der Waals surface area contributed by atoms with Crippen molar-refractivity contribution in [1.29, 1.82) is 0 Å². The number of ketones is 1. The lowest BCUT2D eigenvalue weighted by Gasteiger charge is -2.10. The summed E-state index contributed by atoms with van der Waals surface area (Å²) >= 11 is 5.51. The highest BCUT2D eigenvalue weighted by molar-refractivity contribution is 14.1. The highest BCUT2D eigenvalue weighted by Gasteiger charge is 2.16. The largest absolute Gasteiger partial charge is 0.332 e. The normalized spacial score (nSPS) is 11.1. The van der Waals surface area contributed by atoms with Crippen molar-refractivity contribution in [3.8, 4) is 0 Å². The second-order valence-corrected chi connectivity index (χ2v) is 7.06. The van der Waals surface area contributed by atoms with Gasteiger partial charge in [-0.2, -0.15) is 0 Å². The molecule has 0 aliphatic rings. The zero-order chi connectivity index (χ0) is 15.9. The van der Waals surface area contributed by atoms with Crippen LogP contribution in [0.4, 0.5) is 4.39 Å². The number of nitrogens with zero attached hydrogens (tertiary/aromatic N) is 2. The molecule has 3 aromatic rings. The van der Waals surface area contributed by atoms with E-state index in [2.05, 4.69) is 43.5 Å². The van der Waals surface area contributed by atoms with E-state index in [1.165, 1.54) is 13.0 Å². The van der Waals surface area contributed by atoms with E-state index >= 15 is 0 Å². The molecule has 0 radical (unpaired) electrons. The minimum absolute atomic E-state index is 0.0611. The molecular formula is C16H11BrFIN2O. The molecule has 2 aromatic heterocycles. The van der Waals surface area contributed by atoms with Gasteiger partial charge in [-0.25, -0.2) is 4.39 Å². The van der Waals surface area contributed by atoms with E-state index in [0.29, 0.717) is 17.8 Å². The van der Waals surface area contributed by atoms with Gasteiger partial charge in [0.05, 0.1) is 24.0 Å². The molecule has 0 atom stereocenters. The first-order valence-corrected chi connectivity index (χ1v) is 8.42. The molecule has 0 saturated carbocycles.